The molecule has 1 aliphatic rings. The second-order valence-electron chi connectivity index (χ2n) is 8.85. The van der Waals surface area contributed by atoms with E-state index in [2.05, 4.69) is 13.5 Å². The number of aliphatic hydroxyl groups is 1. The van der Waals surface area contributed by atoms with Crippen molar-refractivity contribution in [3.63, 3.8) is 0 Å². The molecule has 0 heterocycles. The Kier molecular flexibility index (Phi) is 7.18. The fourth-order valence-corrected chi connectivity index (χ4v) is 5.30. The third-order valence-electron chi connectivity index (χ3n) is 7.17. The number of aromatic hydroxyl groups is 1. The van der Waals surface area contributed by atoms with Crippen molar-refractivity contribution in [3.05, 3.63) is 75.4 Å². The van der Waals surface area contributed by atoms with Gasteiger partial charge in [0.25, 0.3) is 0 Å². The fraction of sp³-hybridized carbons (Fsp3) is 0.414. The Labute approximate surface area is 197 Å². The Balaban J connectivity index is 2.35. The van der Waals surface area contributed by atoms with Crippen LogP contribution in [0.25, 0.3) is 5.57 Å². The van der Waals surface area contributed by atoms with Gasteiger partial charge in [-0.15, -0.1) is 0 Å². The SMILES string of the molecule is C=C1c2cccc(OC)c2C(=O)c2c(O)c(C)c(CC(O)(CC)/C(=C/C)CC)c(CCC)c21. The fourth-order valence-electron chi connectivity index (χ4n) is 5.30. The molecule has 0 saturated carbocycles. The molecule has 1 unspecified atom stereocenters. The molecule has 0 bridgehead atoms. The van der Waals surface area contributed by atoms with Gasteiger partial charge in [0.05, 0.1) is 23.8 Å². The molecule has 0 aromatic heterocycles. The number of phenolic OH excluding ortho intramolecular Hbond substituents is 1. The van der Waals surface area contributed by atoms with Crippen LogP contribution in [0, 0.1) is 6.92 Å². The predicted molar refractivity (Wildman–Crippen MR) is 134 cm³/mol. The molecule has 0 aliphatic heterocycles. The summed E-state index contributed by atoms with van der Waals surface area (Å²) in [5, 5.41) is 23.0. The summed E-state index contributed by atoms with van der Waals surface area (Å²) in [4.78, 5) is 13.7. The second kappa shape index (κ2) is 9.56. The molecular weight excluding hydrogens is 412 g/mol. The minimum absolute atomic E-state index is 0.0282. The van der Waals surface area contributed by atoms with Gasteiger partial charge in [-0.1, -0.05) is 52.0 Å². The number of hydrogen-bond acceptors (Lipinski definition) is 4. The zero-order valence-corrected chi connectivity index (χ0v) is 20.8. The summed E-state index contributed by atoms with van der Waals surface area (Å²) in [6.45, 7) is 14.3. The molecule has 3 rings (SSSR count). The molecule has 0 saturated heterocycles. The number of benzene rings is 2. The van der Waals surface area contributed by atoms with Gasteiger partial charge in [0.1, 0.15) is 11.5 Å². The van der Waals surface area contributed by atoms with Crippen molar-refractivity contribution in [2.24, 2.45) is 0 Å². The lowest BCUT2D eigenvalue weighted by Crippen LogP contribution is -2.34. The highest BCUT2D eigenvalue weighted by molar-refractivity contribution is 6.22. The van der Waals surface area contributed by atoms with Crippen LogP contribution in [0.3, 0.4) is 0 Å². The van der Waals surface area contributed by atoms with Gasteiger partial charge in [0, 0.05) is 12.0 Å². The minimum Gasteiger partial charge on any atom is -0.507 e. The van der Waals surface area contributed by atoms with Crippen molar-refractivity contribution in [1.82, 2.24) is 0 Å². The number of methoxy groups -OCH3 is 1. The quantitative estimate of drug-likeness (QED) is 0.396. The third kappa shape index (κ3) is 3.91. The van der Waals surface area contributed by atoms with Gasteiger partial charge >= 0.3 is 0 Å². The van der Waals surface area contributed by atoms with Crippen molar-refractivity contribution in [1.29, 1.82) is 0 Å². The van der Waals surface area contributed by atoms with Crippen LogP contribution in [0.15, 0.2) is 36.4 Å². The number of carbonyl (C=O) groups is 1. The van der Waals surface area contributed by atoms with Crippen LogP contribution in [0.5, 0.6) is 11.5 Å². The predicted octanol–water partition coefficient (Wildman–Crippen LogP) is 6.31. The normalized spacial score (nSPS) is 15.2. The maximum absolute atomic E-state index is 13.7. The number of rotatable bonds is 8. The smallest absolute Gasteiger partial charge is 0.201 e. The van der Waals surface area contributed by atoms with Crippen LogP contribution in [-0.4, -0.2) is 28.7 Å². The maximum Gasteiger partial charge on any atom is 0.201 e. The summed E-state index contributed by atoms with van der Waals surface area (Å²) >= 11 is 0. The Morgan fingerprint density at radius 3 is 2.39 bits per heavy atom. The van der Waals surface area contributed by atoms with Gasteiger partial charge in [-0.25, -0.2) is 0 Å². The molecule has 0 spiro atoms. The van der Waals surface area contributed by atoms with E-state index in [9.17, 15) is 15.0 Å². The van der Waals surface area contributed by atoms with Gasteiger partial charge in [-0.05, 0) is 72.6 Å². The summed E-state index contributed by atoms with van der Waals surface area (Å²) in [7, 11) is 1.54. The molecule has 4 nitrogen and oxygen atoms in total. The third-order valence-corrected chi connectivity index (χ3v) is 7.17. The van der Waals surface area contributed by atoms with Gasteiger partial charge in [0.2, 0.25) is 5.78 Å². The first-order valence-electron chi connectivity index (χ1n) is 11.9. The monoisotopic (exact) mass is 448 g/mol. The van der Waals surface area contributed by atoms with Gasteiger partial charge < -0.3 is 14.9 Å². The Morgan fingerprint density at radius 1 is 1.15 bits per heavy atom. The van der Waals surface area contributed by atoms with Crippen molar-refractivity contribution < 1.29 is 19.7 Å². The molecule has 33 heavy (non-hydrogen) atoms. The zero-order chi connectivity index (χ0) is 24.5. The number of ketones is 1. The van der Waals surface area contributed by atoms with E-state index < -0.39 is 5.60 Å². The molecular formula is C29H36O4. The summed E-state index contributed by atoms with van der Waals surface area (Å²) in [6.07, 6.45) is 5.26. The molecule has 2 N–H and O–H groups in total. The summed E-state index contributed by atoms with van der Waals surface area (Å²) < 4.78 is 5.47. The molecule has 2 aromatic rings. The molecule has 176 valence electrons. The van der Waals surface area contributed by atoms with Crippen LogP contribution in [-0.2, 0) is 12.8 Å². The average Bonchev–Trinajstić information content (AvgIpc) is 2.82. The lowest BCUT2D eigenvalue weighted by atomic mass is 9.73. The van der Waals surface area contributed by atoms with E-state index in [0.717, 1.165) is 41.5 Å². The highest BCUT2D eigenvalue weighted by Gasteiger charge is 2.37. The van der Waals surface area contributed by atoms with Crippen molar-refractivity contribution in [2.45, 2.75) is 72.3 Å². The van der Waals surface area contributed by atoms with Crippen LogP contribution in [0.2, 0.25) is 0 Å². The number of phenols is 1. The van der Waals surface area contributed by atoms with Crippen LogP contribution >= 0.6 is 0 Å². The lowest BCUT2D eigenvalue weighted by molar-refractivity contribution is 0.0709. The molecule has 0 radical (unpaired) electrons. The maximum atomic E-state index is 13.7. The second-order valence-corrected chi connectivity index (χ2v) is 8.85. The standard InChI is InChI=1S/C29H36O4/c1-8-13-21-22(16-29(32,11-4)19(9-2)10-3)18(6)27(30)26-24(21)17(5)20-14-12-15-23(33-7)25(20)28(26)31/h9,12,14-15,30,32H,5,8,10-11,13,16H2,1-4,6-7H3/b19-9+. The largest absolute Gasteiger partial charge is 0.507 e. The highest BCUT2D eigenvalue weighted by Crippen LogP contribution is 2.47. The Morgan fingerprint density at radius 2 is 1.85 bits per heavy atom. The first-order chi connectivity index (χ1) is 15.7. The zero-order valence-electron chi connectivity index (χ0n) is 20.8. The number of allylic oxidation sites excluding steroid dienone is 1. The van der Waals surface area contributed by atoms with Crippen LogP contribution < -0.4 is 4.74 Å². The number of ether oxygens (including phenoxy) is 1. The van der Waals surface area contributed by atoms with E-state index in [1.165, 1.54) is 7.11 Å². The number of hydrogen-bond donors (Lipinski definition) is 2. The molecule has 2 aromatic carbocycles. The molecule has 0 amide bonds. The summed E-state index contributed by atoms with van der Waals surface area (Å²) in [5.74, 6) is 0.200. The Hall–Kier alpha value is -2.85. The van der Waals surface area contributed by atoms with E-state index in [1.807, 2.05) is 45.9 Å². The first-order valence-corrected chi connectivity index (χ1v) is 11.9. The van der Waals surface area contributed by atoms with Gasteiger partial charge in [-0.3, -0.25) is 4.79 Å². The molecule has 0 fully saturated rings. The Bertz CT molecular complexity index is 1140. The van der Waals surface area contributed by atoms with E-state index in [4.69, 9.17) is 4.74 Å². The van der Waals surface area contributed by atoms with E-state index in [0.29, 0.717) is 46.4 Å². The number of fused-ring (bicyclic) bond motifs is 2. The topological polar surface area (TPSA) is 66.8 Å². The van der Waals surface area contributed by atoms with E-state index >= 15 is 0 Å². The van der Waals surface area contributed by atoms with Gasteiger partial charge in [0.15, 0.2) is 0 Å². The average molecular weight is 449 g/mol. The summed E-state index contributed by atoms with van der Waals surface area (Å²) in [5.41, 5.74) is 5.39. The van der Waals surface area contributed by atoms with Gasteiger partial charge in [-0.2, -0.15) is 0 Å². The number of carbonyl (C=O) groups excluding carboxylic acids is 1. The first kappa shape index (κ1) is 24.8. The van der Waals surface area contributed by atoms with E-state index in [-0.39, 0.29) is 11.5 Å². The van der Waals surface area contributed by atoms with Crippen LogP contribution in [0.4, 0.5) is 0 Å². The molecule has 1 atom stereocenters. The summed E-state index contributed by atoms with van der Waals surface area (Å²) in [6, 6.07) is 5.49. The van der Waals surface area contributed by atoms with Crippen molar-refractivity contribution >= 4 is 11.4 Å². The van der Waals surface area contributed by atoms with Crippen molar-refractivity contribution in [2.75, 3.05) is 7.11 Å². The molecule has 1 aliphatic carbocycles. The highest BCUT2D eigenvalue weighted by atomic mass is 16.5. The van der Waals surface area contributed by atoms with E-state index in [1.54, 1.807) is 6.07 Å². The molecule has 4 heteroatoms. The lowest BCUT2D eigenvalue weighted by Gasteiger charge is -2.34. The van der Waals surface area contributed by atoms with Crippen molar-refractivity contribution in [3.8, 4) is 11.5 Å². The minimum atomic E-state index is -1.02. The van der Waals surface area contributed by atoms with Crippen LogP contribution in [0.1, 0.15) is 90.7 Å².